The summed E-state index contributed by atoms with van der Waals surface area (Å²) in [5.74, 6) is 0. The largest absolute Gasteiger partial charge is 0.302 e. The molecule has 0 saturated heterocycles. The molecule has 0 aliphatic carbocycles. The van der Waals surface area contributed by atoms with Gasteiger partial charge in [0.15, 0.2) is 0 Å². The average Bonchev–Trinajstić information content (AvgIpc) is 2.31. The number of hydrogen-bond acceptors (Lipinski definition) is 4. The number of dihydropyridines is 1. The molecule has 1 aliphatic rings. The Hall–Kier alpha value is -1.84. The Bertz CT molecular complexity index is 386. The van der Waals surface area contributed by atoms with Crippen molar-refractivity contribution in [3.05, 3.63) is 36.2 Å². The fourth-order valence-electron chi connectivity index (χ4n) is 1.39. The van der Waals surface area contributed by atoms with Crippen LogP contribution >= 0.6 is 0 Å². The van der Waals surface area contributed by atoms with Gasteiger partial charge < -0.3 is 4.79 Å². The van der Waals surface area contributed by atoms with Crippen LogP contribution in [0.3, 0.4) is 0 Å². The first-order valence-corrected chi connectivity index (χ1v) is 4.29. The highest BCUT2D eigenvalue weighted by atomic mass is 16.1. The first-order chi connectivity index (χ1) is 6.87. The average molecular weight is 187 g/mol. The Labute approximate surface area is 81.4 Å². The summed E-state index contributed by atoms with van der Waals surface area (Å²) in [6.45, 7) is 0.408. The lowest BCUT2D eigenvalue weighted by atomic mass is 9.84. The number of carbonyl (C=O) groups excluding carboxylic acids is 1. The minimum absolute atomic E-state index is 0.408. The zero-order valence-corrected chi connectivity index (χ0v) is 7.50. The molecule has 0 radical (unpaired) electrons. The van der Waals surface area contributed by atoms with E-state index in [1.807, 2.05) is 0 Å². The summed E-state index contributed by atoms with van der Waals surface area (Å²) in [7, 11) is 0. The molecule has 0 N–H and O–H groups in total. The van der Waals surface area contributed by atoms with Gasteiger partial charge in [-0.2, -0.15) is 10.2 Å². The lowest BCUT2D eigenvalue weighted by Crippen LogP contribution is -2.32. The molecule has 0 amide bonds. The van der Waals surface area contributed by atoms with E-state index in [0.29, 0.717) is 12.2 Å². The minimum atomic E-state index is -0.719. The monoisotopic (exact) mass is 187 g/mol. The van der Waals surface area contributed by atoms with Crippen LogP contribution in [0.25, 0.3) is 0 Å². The topological polar surface area (TPSA) is 55.2 Å². The third-order valence-corrected chi connectivity index (χ3v) is 2.20. The van der Waals surface area contributed by atoms with E-state index in [0.717, 1.165) is 6.29 Å². The van der Waals surface area contributed by atoms with Crippen LogP contribution in [0.4, 0.5) is 0 Å². The van der Waals surface area contributed by atoms with Crippen molar-refractivity contribution >= 4 is 12.5 Å². The molecule has 0 saturated carbocycles. The molecule has 0 spiro atoms. The number of aromatic nitrogens is 2. The number of carbonyl (C=O) groups is 1. The lowest BCUT2D eigenvalue weighted by Gasteiger charge is -2.22. The molecule has 1 aliphatic heterocycles. The van der Waals surface area contributed by atoms with Crippen molar-refractivity contribution in [3.8, 4) is 0 Å². The van der Waals surface area contributed by atoms with Crippen molar-refractivity contribution < 1.29 is 4.79 Å². The Morgan fingerprint density at radius 3 is 3.00 bits per heavy atom. The molecule has 4 nitrogen and oxygen atoms in total. The molecule has 1 unspecified atom stereocenters. The van der Waals surface area contributed by atoms with Gasteiger partial charge in [0.25, 0.3) is 0 Å². The number of aliphatic imine (C=N–C) groups is 1. The number of hydrogen-bond donors (Lipinski definition) is 0. The van der Waals surface area contributed by atoms with E-state index in [4.69, 9.17) is 0 Å². The third kappa shape index (κ3) is 1.35. The van der Waals surface area contributed by atoms with E-state index in [1.165, 1.54) is 0 Å². The quantitative estimate of drug-likeness (QED) is 0.635. The van der Waals surface area contributed by atoms with Crippen molar-refractivity contribution in [2.24, 2.45) is 4.99 Å². The maximum atomic E-state index is 11.1. The number of rotatable bonds is 2. The molecule has 1 aromatic rings. The molecule has 0 fully saturated rings. The minimum Gasteiger partial charge on any atom is -0.302 e. The van der Waals surface area contributed by atoms with Gasteiger partial charge in [-0.05, 0) is 18.2 Å². The third-order valence-electron chi connectivity index (χ3n) is 2.20. The van der Waals surface area contributed by atoms with Gasteiger partial charge in [0, 0.05) is 12.4 Å². The second-order valence-electron chi connectivity index (χ2n) is 3.12. The van der Waals surface area contributed by atoms with Crippen LogP contribution in [0.2, 0.25) is 0 Å². The molecule has 4 heteroatoms. The molecule has 2 rings (SSSR count). The van der Waals surface area contributed by atoms with Crippen LogP contribution in [0.15, 0.2) is 35.5 Å². The first kappa shape index (κ1) is 8.74. The highest BCUT2D eigenvalue weighted by Crippen LogP contribution is 2.23. The summed E-state index contributed by atoms with van der Waals surface area (Å²) in [5, 5.41) is 7.70. The van der Waals surface area contributed by atoms with Gasteiger partial charge in [-0.25, -0.2) is 0 Å². The lowest BCUT2D eigenvalue weighted by molar-refractivity contribution is -0.111. The van der Waals surface area contributed by atoms with Crippen LogP contribution in [-0.4, -0.2) is 29.2 Å². The molecule has 1 aromatic heterocycles. The highest BCUT2D eigenvalue weighted by Gasteiger charge is 2.31. The highest BCUT2D eigenvalue weighted by molar-refractivity contribution is 5.80. The van der Waals surface area contributed by atoms with E-state index in [9.17, 15) is 4.79 Å². The maximum Gasteiger partial charge on any atom is 0.137 e. The van der Waals surface area contributed by atoms with Crippen molar-refractivity contribution in [2.75, 3.05) is 6.54 Å². The Balaban J connectivity index is 2.44. The zero-order chi connectivity index (χ0) is 9.86. The van der Waals surface area contributed by atoms with Gasteiger partial charge in [0.2, 0.25) is 0 Å². The van der Waals surface area contributed by atoms with Gasteiger partial charge in [-0.3, -0.25) is 4.99 Å². The van der Waals surface area contributed by atoms with Crippen LogP contribution < -0.4 is 0 Å². The van der Waals surface area contributed by atoms with Gasteiger partial charge in [0.1, 0.15) is 11.7 Å². The maximum absolute atomic E-state index is 11.1. The second kappa shape index (κ2) is 3.49. The molecule has 1 atom stereocenters. The summed E-state index contributed by atoms with van der Waals surface area (Å²) in [6, 6.07) is 3.55. The van der Waals surface area contributed by atoms with Gasteiger partial charge in [-0.1, -0.05) is 6.08 Å². The second-order valence-corrected chi connectivity index (χ2v) is 3.12. The molecule has 70 valence electrons. The smallest absolute Gasteiger partial charge is 0.137 e. The predicted molar refractivity (Wildman–Crippen MR) is 52.3 cm³/mol. The number of nitrogens with zero attached hydrogens (tertiary/aromatic N) is 3. The van der Waals surface area contributed by atoms with Crippen LogP contribution in [0.1, 0.15) is 5.69 Å². The number of aldehydes is 1. The Kier molecular flexibility index (Phi) is 2.18. The van der Waals surface area contributed by atoms with Crippen molar-refractivity contribution in [2.45, 2.75) is 5.41 Å². The molecular weight excluding hydrogens is 178 g/mol. The fraction of sp³-hybridized carbons (Fsp3) is 0.200. The van der Waals surface area contributed by atoms with Crippen molar-refractivity contribution in [3.63, 3.8) is 0 Å². The van der Waals surface area contributed by atoms with E-state index in [-0.39, 0.29) is 0 Å². The summed E-state index contributed by atoms with van der Waals surface area (Å²) < 4.78 is 0. The van der Waals surface area contributed by atoms with Crippen molar-refractivity contribution in [1.29, 1.82) is 0 Å². The van der Waals surface area contributed by atoms with Crippen molar-refractivity contribution in [1.82, 2.24) is 10.2 Å². The molecule has 0 aromatic carbocycles. The van der Waals surface area contributed by atoms with Crippen LogP contribution in [-0.2, 0) is 10.2 Å². The van der Waals surface area contributed by atoms with Crippen LogP contribution in [0.5, 0.6) is 0 Å². The van der Waals surface area contributed by atoms with E-state index < -0.39 is 5.41 Å². The standard InChI is InChI=1S/C10H9N3O/c14-8-10(4-2-5-11-7-10)9-3-1-6-12-13-9/h1-6,8H,7H2. The molecule has 2 heterocycles. The first-order valence-electron chi connectivity index (χ1n) is 4.29. The van der Waals surface area contributed by atoms with E-state index in [1.54, 1.807) is 36.7 Å². The SMILES string of the molecule is O=CC1(c2cccnn2)C=CC=NC1. The van der Waals surface area contributed by atoms with Gasteiger partial charge in [0.05, 0.1) is 12.2 Å². The normalized spacial score (nSPS) is 24.9. The van der Waals surface area contributed by atoms with Gasteiger partial charge >= 0.3 is 0 Å². The fourth-order valence-corrected chi connectivity index (χ4v) is 1.39. The van der Waals surface area contributed by atoms with Crippen LogP contribution in [0, 0.1) is 0 Å². The van der Waals surface area contributed by atoms with E-state index >= 15 is 0 Å². The zero-order valence-electron chi connectivity index (χ0n) is 7.50. The molecular formula is C10H9N3O. The number of allylic oxidation sites excluding steroid dienone is 1. The summed E-state index contributed by atoms with van der Waals surface area (Å²) in [6.07, 6.45) is 7.68. The summed E-state index contributed by atoms with van der Waals surface area (Å²) in [4.78, 5) is 15.2. The summed E-state index contributed by atoms with van der Waals surface area (Å²) in [5.41, 5.74) is -0.0775. The summed E-state index contributed by atoms with van der Waals surface area (Å²) >= 11 is 0. The predicted octanol–water partition coefficient (Wildman–Crippen LogP) is 0.554. The van der Waals surface area contributed by atoms with E-state index in [2.05, 4.69) is 15.2 Å². The Morgan fingerprint density at radius 2 is 2.43 bits per heavy atom. The molecule has 14 heavy (non-hydrogen) atoms. The van der Waals surface area contributed by atoms with Gasteiger partial charge in [-0.15, -0.1) is 0 Å². The molecule has 0 bridgehead atoms. The Morgan fingerprint density at radius 1 is 1.50 bits per heavy atom.